The van der Waals surface area contributed by atoms with Crippen molar-refractivity contribution in [2.75, 3.05) is 25.1 Å². The third-order valence-corrected chi connectivity index (χ3v) is 2.29. The first-order valence-electron chi connectivity index (χ1n) is 4.35. The van der Waals surface area contributed by atoms with E-state index in [2.05, 4.69) is 5.32 Å². The molecule has 0 atom stereocenters. The highest BCUT2D eigenvalue weighted by atomic mass is 32.2. The molecule has 0 aromatic carbocycles. The minimum absolute atomic E-state index is 0.293. The van der Waals surface area contributed by atoms with Crippen LogP contribution in [-0.4, -0.2) is 36.9 Å². The fraction of sp³-hybridized carbons (Fsp3) is 0.875. The topological polar surface area (TPSA) is 55.1 Å². The van der Waals surface area contributed by atoms with Crippen LogP contribution in [0.25, 0.3) is 0 Å². The molecule has 0 aliphatic carbocycles. The van der Waals surface area contributed by atoms with Crippen LogP contribution in [0.15, 0.2) is 0 Å². The van der Waals surface area contributed by atoms with E-state index in [1.165, 1.54) is 0 Å². The predicted molar refractivity (Wildman–Crippen MR) is 54.6 cm³/mol. The molecule has 0 rings (SSSR count). The molecular weight excluding hydrogens is 210 g/mol. The van der Waals surface area contributed by atoms with Crippen LogP contribution >= 0.6 is 11.8 Å². The summed E-state index contributed by atoms with van der Waals surface area (Å²) in [4.78, 5) is 11.0. The fourth-order valence-electron chi connectivity index (χ4n) is 0.766. The highest BCUT2D eigenvalue weighted by molar-refractivity contribution is 7.98. The van der Waals surface area contributed by atoms with Crippen LogP contribution in [-0.2, 0) is 4.79 Å². The zero-order valence-corrected chi connectivity index (χ0v) is 9.00. The number of nitrogens with two attached hydrogens (primary N) is 1. The van der Waals surface area contributed by atoms with E-state index in [0.717, 1.165) is 5.75 Å². The van der Waals surface area contributed by atoms with Crippen molar-refractivity contribution in [3.63, 3.8) is 0 Å². The van der Waals surface area contributed by atoms with Gasteiger partial charge in [-0.1, -0.05) is 0 Å². The van der Waals surface area contributed by atoms with Crippen LogP contribution in [0.5, 0.6) is 0 Å². The van der Waals surface area contributed by atoms with E-state index >= 15 is 0 Å². The number of halogens is 2. The number of nitrogens with one attached hydrogen (secondary N) is 1. The molecule has 0 saturated carbocycles. The van der Waals surface area contributed by atoms with E-state index in [0.29, 0.717) is 12.8 Å². The van der Waals surface area contributed by atoms with Gasteiger partial charge in [-0.15, -0.1) is 0 Å². The van der Waals surface area contributed by atoms with E-state index < -0.39 is 19.0 Å². The van der Waals surface area contributed by atoms with Gasteiger partial charge in [0.05, 0.1) is 13.1 Å². The molecule has 3 N–H and O–H groups in total. The second-order valence-corrected chi connectivity index (χ2v) is 3.92. The van der Waals surface area contributed by atoms with Crippen molar-refractivity contribution in [3.8, 4) is 0 Å². The number of amides is 1. The van der Waals surface area contributed by atoms with Gasteiger partial charge in [0.1, 0.15) is 0 Å². The Morgan fingerprint density at radius 2 is 2.21 bits per heavy atom. The number of hydrogen-bond donors (Lipinski definition) is 2. The van der Waals surface area contributed by atoms with Crippen LogP contribution in [0, 0.1) is 0 Å². The summed E-state index contributed by atoms with van der Waals surface area (Å²) < 4.78 is 25.1. The van der Waals surface area contributed by atoms with Crippen LogP contribution < -0.4 is 11.1 Å². The summed E-state index contributed by atoms with van der Waals surface area (Å²) in [6.45, 7) is -1.40. The second-order valence-electron chi connectivity index (χ2n) is 2.93. The Labute approximate surface area is 86.8 Å². The van der Waals surface area contributed by atoms with Gasteiger partial charge >= 0.3 is 0 Å². The Balaban J connectivity index is 3.53. The van der Waals surface area contributed by atoms with E-state index in [-0.39, 0.29) is 5.91 Å². The van der Waals surface area contributed by atoms with E-state index in [1.807, 2.05) is 6.26 Å². The molecule has 0 aromatic heterocycles. The van der Waals surface area contributed by atoms with Crippen LogP contribution in [0.4, 0.5) is 8.78 Å². The average molecular weight is 226 g/mol. The number of carbonyl (C=O) groups excluding carboxylic acids is 1. The summed E-state index contributed by atoms with van der Waals surface area (Å²) in [5, 5.41) is 2.15. The SMILES string of the molecule is CSCCCC(=O)NCC(F)(F)CN. The molecule has 0 aromatic rings. The summed E-state index contributed by atoms with van der Waals surface area (Å²) in [5.41, 5.74) is 4.81. The predicted octanol–water partition coefficient (Wildman–Crippen LogP) is 0.840. The summed E-state index contributed by atoms with van der Waals surface area (Å²) in [7, 11) is 0. The largest absolute Gasteiger partial charge is 0.350 e. The summed E-state index contributed by atoms with van der Waals surface area (Å²) >= 11 is 1.62. The molecule has 1 amide bonds. The zero-order chi connectivity index (χ0) is 11.0. The van der Waals surface area contributed by atoms with Gasteiger partial charge in [-0.3, -0.25) is 4.79 Å². The Morgan fingerprint density at radius 1 is 1.57 bits per heavy atom. The summed E-state index contributed by atoms with van der Waals surface area (Å²) in [6.07, 6.45) is 2.93. The quantitative estimate of drug-likeness (QED) is 0.632. The van der Waals surface area contributed by atoms with E-state index in [9.17, 15) is 13.6 Å². The summed E-state index contributed by atoms with van der Waals surface area (Å²) in [6, 6.07) is 0. The van der Waals surface area contributed by atoms with Crippen LogP contribution in [0.3, 0.4) is 0 Å². The molecule has 0 unspecified atom stereocenters. The molecule has 0 spiro atoms. The van der Waals surface area contributed by atoms with Crippen molar-refractivity contribution in [2.24, 2.45) is 5.73 Å². The van der Waals surface area contributed by atoms with Gasteiger partial charge in [-0.2, -0.15) is 11.8 Å². The first kappa shape index (κ1) is 13.6. The van der Waals surface area contributed by atoms with Crippen LogP contribution in [0.1, 0.15) is 12.8 Å². The number of thioether (sulfide) groups is 1. The maximum Gasteiger partial charge on any atom is 0.277 e. The second kappa shape index (κ2) is 7.00. The monoisotopic (exact) mass is 226 g/mol. The van der Waals surface area contributed by atoms with Crippen molar-refractivity contribution in [2.45, 2.75) is 18.8 Å². The molecule has 84 valence electrons. The lowest BCUT2D eigenvalue weighted by molar-refractivity contribution is -0.122. The molecule has 14 heavy (non-hydrogen) atoms. The van der Waals surface area contributed by atoms with Crippen molar-refractivity contribution < 1.29 is 13.6 Å². The van der Waals surface area contributed by atoms with E-state index in [4.69, 9.17) is 5.73 Å². The highest BCUT2D eigenvalue weighted by Crippen LogP contribution is 2.08. The third-order valence-electron chi connectivity index (χ3n) is 1.60. The Bertz CT molecular complexity index is 179. The van der Waals surface area contributed by atoms with Gasteiger partial charge < -0.3 is 11.1 Å². The minimum Gasteiger partial charge on any atom is -0.350 e. The molecule has 3 nitrogen and oxygen atoms in total. The van der Waals surface area contributed by atoms with Gasteiger partial charge in [-0.05, 0) is 18.4 Å². The van der Waals surface area contributed by atoms with Gasteiger partial charge in [0.25, 0.3) is 5.92 Å². The van der Waals surface area contributed by atoms with Crippen molar-refractivity contribution >= 4 is 17.7 Å². The van der Waals surface area contributed by atoms with Crippen molar-refractivity contribution in [1.29, 1.82) is 0 Å². The molecule has 0 aliphatic heterocycles. The smallest absolute Gasteiger partial charge is 0.277 e. The maximum absolute atomic E-state index is 12.6. The third kappa shape index (κ3) is 7.08. The lowest BCUT2D eigenvalue weighted by atomic mass is 10.3. The standard InChI is InChI=1S/C8H16F2N2OS/c1-14-4-2-3-7(13)12-6-8(9,10)5-11/h2-6,11H2,1H3,(H,12,13). The first-order valence-corrected chi connectivity index (χ1v) is 5.75. The Kier molecular flexibility index (Phi) is 6.82. The average Bonchev–Trinajstić information content (AvgIpc) is 2.16. The molecular formula is C8H16F2N2OS. The Hall–Kier alpha value is -0.360. The zero-order valence-electron chi connectivity index (χ0n) is 8.19. The molecule has 0 heterocycles. The number of rotatable bonds is 7. The lowest BCUT2D eigenvalue weighted by Crippen LogP contribution is -2.41. The van der Waals surface area contributed by atoms with Crippen molar-refractivity contribution in [3.05, 3.63) is 0 Å². The molecule has 0 bridgehead atoms. The molecule has 6 heteroatoms. The number of carbonyl (C=O) groups is 1. The van der Waals surface area contributed by atoms with Gasteiger partial charge in [-0.25, -0.2) is 8.78 Å². The summed E-state index contributed by atoms with van der Waals surface area (Å²) in [5.74, 6) is -2.47. The van der Waals surface area contributed by atoms with E-state index in [1.54, 1.807) is 11.8 Å². The maximum atomic E-state index is 12.6. The van der Waals surface area contributed by atoms with Gasteiger partial charge in [0, 0.05) is 6.42 Å². The molecule has 0 saturated heterocycles. The number of hydrogen-bond acceptors (Lipinski definition) is 3. The molecule has 0 aliphatic rings. The number of alkyl halides is 2. The first-order chi connectivity index (χ1) is 6.52. The van der Waals surface area contributed by atoms with Crippen molar-refractivity contribution in [1.82, 2.24) is 5.32 Å². The Morgan fingerprint density at radius 3 is 2.71 bits per heavy atom. The molecule has 0 radical (unpaired) electrons. The fourth-order valence-corrected chi connectivity index (χ4v) is 1.20. The molecule has 0 fully saturated rings. The van der Waals surface area contributed by atoms with Gasteiger partial charge in [0.15, 0.2) is 0 Å². The normalized spacial score (nSPS) is 11.4. The minimum atomic E-state index is -2.99. The van der Waals surface area contributed by atoms with Crippen LogP contribution in [0.2, 0.25) is 0 Å². The lowest BCUT2D eigenvalue weighted by Gasteiger charge is -2.14. The highest BCUT2D eigenvalue weighted by Gasteiger charge is 2.26. The van der Waals surface area contributed by atoms with Gasteiger partial charge in [0.2, 0.25) is 5.91 Å².